The van der Waals surface area contributed by atoms with E-state index in [1.165, 1.54) is 6.08 Å². The maximum absolute atomic E-state index is 10.4. The monoisotopic (exact) mass is 268 g/mol. The minimum Gasteiger partial charge on any atom is -0.497 e. The molecule has 0 fully saturated rings. The van der Waals surface area contributed by atoms with Crippen LogP contribution in [-0.4, -0.2) is 13.4 Å². The molecular weight excluding hydrogens is 252 g/mol. The molecule has 0 spiro atoms. The molecule has 20 heavy (non-hydrogen) atoms. The Kier molecular flexibility index (Phi) is 4.95. The van der Waals surface area contributed by atoms with Gasteiger partial charge in [0.1, 0.15) is 24.4 Å². The first-order valence-electron chi connectivity index (χ1n) is 6.30. The van der Waals surface area contributed by atoms with Gasteiger partial charge in [-0.2, -0.15) is 0 Å². The van der Waals surface area contributed by atoms with Gasteiger partial charge in [-0.1, -0.05) is 30.3 Å². The van der Waals surface area contributed by atoms with Crippen LogP contribution in [0.15, 0.2) is 54.6 Å². The number of carbonyl (C=O) groups is 1. The molecule has 2 aromatic carbocycles. The third-order valence-corrected chi connectivity index (χ3v) is 2.83. The second-order valence-corrected chi connectivity index (χ2v) is 4.17. The molecule has 0 bridgehead atoms. The van der Waals surface area contributed by atoms with Crippen LogP contribution in [0.3, 0.4) is 0 Å². The number of carbonyl (C=O) groups excluding carboxylic acids is 1. The van der Waals surface area contributed by atoms with Crippen molar-refractivity contribution in [3.8, 4) is 11.5 Å². The average molecular weight is 268 g/mol. The number of ether oxygens (including phenoxy) is 2. The second-order valence-electron chi connectivity index (χ2n) is 4.17. The van der Waals surface area contributed by atoms with Crippen LogP contribution in [0, 0.1) is 0 Å². The Balaban J connectivity index is 2.06. The maximum atomic E-state index is 10.4. The zero-order valence-electron chi connectivity index (χ0n) is 11.3. The van der Waals surface area contributed by atoms with Gasteiger partial charge in [-0.15, -0.1) is 0 Å². The summed E-state index contributed by atoms with van der Waals surface area (Å²) < 4.78 is 10.9. The summed E-state index contributed by atoms with van der Waals surface area (Å²) in [5, 5.41) is 0. The lowest BCUT2D eigenvalue weighted by atomic mass is 10.2. The van der Waals surface area contributed by atoms with E-state index in [-0.39, 0.29) is 0 Å². The summed E-state index contributed by atoms with van der Waals surface area (Å²) in [6.45, 7) is 0.468. The van der Waals surface area contributed by atoms with Crippen LogP contribution in [0.1, 0.15) is 11.1 Å². The van der Waals surface area contributed by atoms with Gasteiger partial charge in [0.25, 0.3) is 0 Å². The highest BCUT2D eigenvalue weighted by molar-refractivity contribution is 5.75. The Bertz CT molecular complexity index is 585. The number of rotatable bonds is 6. The third-order valence-electron chi connectivity index (χ3n) is 2.83. The van der Waals surface area contributed by atoms with Gasteiger partial charge < -0.3 is 9.47 Å². The quantitative estimate of drug-likeness (QED) is 0.594. The predicted octanol–water partition coefficient (Wildman–Crippen LogP) is 3.49. The fourth-order valence-electron chi connectivity index (χ4n) is 1.78. The molecule has 2 aromatic rings. The molecule has 102 valence electrons. The number of methoxy groups -OCH3 is 1. The van der Waals surface area contributed by atoms with E-state index in [1.807, 2.05) is 48.5 Å². The highest BCUT2D eigenvalue weighted by Crippen LogP contribution is 2.21. The minimum absolute atomic E-state index is 0.468. The average Bonchev–Trinajstić information content (AvgIpc) is 2.52. The molecule has 0 aliphatic carbocycles. The van der Waals surface area contributed by atoms with Crippen molar-refractivity contribution in [1.82, 2.24) is 0 Å². The van der Waals surface area contributed by atoms with Crippen LogP contribution >= 0.6 is 0 Å². The molecule has 0 N–H and O–H groups in total. The summed E-state index contributed by atoms with van der Waals surface area (Å²) in [4.78, 5) is 10.4. The first kappa shape index (κ1) is 13.9. The number of para-hydroxylation sites is 1. The molecule has 3 nitrogen and oxygen atoms in total. The first-order chi connectivity index (χ1) is 9.83. The van der Waals surface area contributed by atoms with Crippen molar-refractivity contribution >= 4 is 12.4 Å². The third kappa shape index (κ3) is 3.72. The molecule has 0 saturated carbocycles. The van der Waals surface area contributed by atoms with E-state index in [0.29, 0.717) is 6.61 Å². The summed E-state index contributed by atoms with van der Waals surface area (Å²) in [7, 11) is 1.64. The molecule has 0 radical (unpaired) electrons. The van der Waals surface area contributed by atoms with Crippen LogP contribution in [0.5, 0.6) is 11.5 Å². The maximum Gasteiger partial charge on any atom is 0.142 e. The topological polar surface area (TPSA) is 35.5 Å². The molecule has 0 aliphatic rings. The summed E-state index contributed by atoms with van der Waals surface area (Å²) in [6.07, 6.45) is 3.94. The first-order valence-corrected chi connectivity index (χ1v) is 6.30. The summed E-state index contributed by atoms with van der Waals surface area (Å²) in [6, 6.07) is 15.3. The van der Waals surface area contributed by atoms with Crippen LogP contribution < -0.4 is 9.47 Å². The van der Waals surface area contributed by atoms with Crippen molar-refractivity contribution < 1.29 is 14.3 Å². The number of benzene rings is 2. The van der Waals surface area contributed by atoms with Gasteiger partial charge >= 0.3 is 0 Å². The second kappa shape index (κ2) is 7.14. The van der Waals surface area contributed by atoms with Crippen molar-refractivity contribution in [3.05, 3.63) is 65.7 Å². The van der Waals surface area contributed by atoms with E-state index in [1.54, 1.807) is 13.2 Å². The van der Waals surface area contributed by atoms with E-state index < -0.39 is 0 Å². The van der Waals surface area contributed by atoms with E-state index in [9.17, 15) is 4.79 Å². The summed E-state index contributed by atoms with van der Waals surface area (Å²) >= 11 is 0. The lowest BCUT2D eigenvalue weighted by molar-refractivity contribution is -0.104. The summed E-state index contributed by atoms with van der Waals surface area (Å²) in [5.41, 5.74) is 1.94. The zero-order chi connectivity index (χ0) is 14.2. The number of hydrogen-bond donors (Lipinski definition) is 0. The van der Waals surface area contributed by atoms with E-state index in [2.05, 4.69) is 0 Å². The minimum atomic E-state index is 0.468. The van der Waals surface area contributed by atoms with Crippen molar-refractivity contribution in [3.63, 3.8) is 0 Å². The molecule has 2 rings (SSSR count). The Morgan fingerprint density at radius 2 is 1.80 bits per heavy atom. The number of allylic oxidation sites excluding steroid dienone is 1. The SMILES string of the molecule is COc1ccc(COc2ccccc2/C=C/C=O)cc1. The standard InChI is InChI=1S/C17H16O3/c1-19-16-10-8-14(9-11-16)13-20-17-7-3-2-5-15(17)6-4-12-18/h2-12H,13H2,1H3/b6-4+. The van der Waals surface area contributed by atoms with Crippen molar-refractivity contribution in [1.29, 1.82) is 0 Å². The van der Waals surface area contributed by atoms with Gasteiger partial charge in [0.05, 0.1) is 7.11 Å². The van der Waals surface area contributed by atoms with Gasteiger partial charge in [0, 0.05) is 5.56 Å². The Morgan fingerprint density at radius 3 is 2.50 bits per heavy atom. The molecule has 0 heterocycles. The van der Waals surface area contributed by atoms with Crippen LogP contribution in [-0.2, 0) is 11.4 Å². The van der Waals surface area contributed by atoms with Crippen molar-refractivity contribution in [2.45, 2.75) is 6.61 Å². The molecular formula is C17H16O3. The Hall–Kier alpha value is -2.55. The molecule has 3 heteroatoms. The van der Waals surface area contributed by atoms with E-state index in [0.717, 1.165) is 28.9 Å². The van der Waals surface area contributed by atoms with Gasteiger partial charge in [0.15, 0.2) is 0 Å². The van der Waals surface area contributed by atoms with Gasteiger partial charge in [-0.3, -0.25) is 4.79 Å². The summed E-state index contributed by atoms with van der Waals surface area (Å²) in [5.74, 6) is 1.57. The van der Waals surface area contributed by atoms with Crippen LogP contribution in [0.4, 0.5) is 0 Å². The van der Waals surface area contributed by atoms with E-state index >= 15 is 0 Å². The molecule has 0 amide bonds. The number of hydrogen-bond acceptors (Lipinski definition) is 3. The molecule has 0 saturated heterocycles. The largest absolute Gasteiger partial charge is 0.497 e. The lowest BCUT2D eigenvalue weighted by Crippen LogP contribution is -1.97. The fourth-order valence-corrected chi connectivity index (χ4v) is 1.78. The van der Waals surface area contributed by atoms with Gasteiger partial charge in [-0.25, -0.2) is 0 Å². The number of aldehydes is 1. The van der Waals surface area contributed by atoms with Gasteiger partial charge in [0.2, 0.25) is 0 Å². The predicted molar refractivity (Wildman–Crippen MR) is 78.9 cm³/mol. The molecule has 0 aliphatic heterocycles. The molecule has 0 unspecified atom stereocenters. The molecule has 0 aromatic heterocycles. The zero-order valence-corrected chi connectivity index (χ0v) is 11.3. The van der Waals surface area contributed by atoms with Crippen LogP contribution in [0.2, 0.25) is 0 Å². The fraction of sp³-hybridized carbons (Fsp3) is 0.118. The van der Waals surface area contributed by atoms with Crippen molar-refractivity contribution in [2.24, 2.45) is 0 Å². The van der Waals surface area contributed by atoms with Gasteiger partial charge in [-0.05, 0) is 35.9 Å². The highest BCUT2D eigenvalue weighted by Gasteiger charge is 2.01. The highest BCUT2D eigenvalue weighted by atomic mass is 16.5. The van der Waals surface area contributed by atoms with E-state index in [4.69, 9.17) is 9.47 Å². The van der Waals surface area contributed by atoms with Crippen LogP contribution in [0.25, 0.3) is 6.08 Å². The Morgan fingerprint density at radius 1 is 1.05 bits per heavy atom. The Labute approximate surface area is 118 Å². The van der Waals surface area contributed by atoms with Crippen molar-refractivity contribution in [2.75, 3.05) is 7.11 Å². The lowest BCUT2D eigenvalue weighted by Gasteiger charge is -2.09. The normalized spacial score (nSPS) is 10.4. The molecule has 0 atom stereocenters. The smallest absolute Gasteiger partial charge is 0.142 e.